The Bertz CT molecular complexity index is 113. The summed E-state index contributed by atoms with van der Waals surface area (Å²) < 4.78 is 5.39. The summed E-state index contributed by atoms with van der Waals surface area (Å²) in [5.74, 6) is 0. The van der Waals surface area contributed by atoms with Crippen molar-refractivity contribution in [2.45, 2.75) is 19.9 Å². The van der Waals surface area contributed by atoms with Gasteiger partial charge in [0.1, 0.15) is 0 Å². The molecule has 1 atom stereocenters. The van der Waals surface area contributed by atoms with Gasteiger partial charge in [0, 0.05) is 38.8 Å². The predicted octanol–water partition coefficient (Wildman–Crippen LogP) is 0.317. The molecule has 0 aromatic rings. The smallest absolute Gasteiger partial charge is 0.0619 e. The Kier molecular flexibility index (Phi) is 4.58. The SMILES string of the molecule is CCOCC(C)N1CCNCC1. The zero-order valence-electron chi connectivity index (χ0n) is 8.18. The molecule has 3 heteroatoms. The van der Waals surface area contributed by atoms with Gasteiger partial charge in [-0.2, -0.15) is 0 Å². The van der Waals surface area contributed by atoms with Gasteiger partial charge in [0.2, 0.25) is 0 Å². The summed E-state index contributed by atoms with van der Waals surface area (Å²) in [4.78, 5) is 2.48. The van der Waals surface area contributed by atoms with Gasteiger partial charge >= 0.3 is 0 Å². The third kappa shape index (κ3) is 3.09. The van der Waals surface area contributed by atoms with Gasteiger partial charge in [0.05, 0.1) is 6.61 Å². The number of ether oxygens (including phenoxy) is 1. The Morgan fingerprint density at radius 3 is 2.67 bits per heavy atom. The van der Waals surface area contributed by atoms with Crippen LogP contribution in [0.5, 0.6) is 0 Å². The van der Waals surface area contributed by atoms with Crippen LogP contribution in [-0.2, 0) is 4.74 Å². The fourth-order valence-electron chi connectivity index (χ4n) is 1.52. The van der Waals surface area contributed by atoms with Crippen molar-refractivity contribution < 1.29 is 4.74 Å². The first kappa shape index (κ1) is 9.96. The Morgan fingerprint density at radius 2 is 2.08 bits per heavy atom. The summed E-state index contributed by atoms with van der Waals surface area (Å²) in [6, 6.07) is 0.576. The molecule has 1 aliphatic heterocycles. The predicted molar refractivity (Wildman–Crippen MR) is 50.4 cm³/mol. The number of piperazine rings is 1. The quantitative estimate of drug-likeness (QED) is 0.661. The van der Waals surface area contributed by atoms with E-state index in [1.54, 1.807) is 0 Å². The lowest BCUT2D eigenvalue weighted by molar-refractivity contribution is 0.0674. The largest absolute Gasteiger partial charge is 0.380 e. The van der Waals surface area contributed by atoms with Crippen molar-refractivity contribution in [3.63, 3.8) is 0 Å². The molecule has 72 valence electrons. The molecular weight excluding hydrogens is 152 g/mol. The number of hydrogen-bond donors (Lipinski definition) is 1. The zero-order chi connectivity index (χ0) is 8.81. The van der Waals surface area contributed by atoms with E-state index in [1.165, 1.54) is 0 Å². The molecule has 1 N–H and O–H groups in total. The molecule has 1 unspecified atom stereocenters. The van der Waals surface area contributed by atoms with Crippen molar-refractivity contribution in [2.24, 2.45) is 0 Å². The van der Waals surface area contributed by atoms with Crippen LogP contribution in [0.15, 0.2) is 0 Å². The first-order chi connectivity index (χ1) is 5.84. The lowest BCUT2D eigenvalue weighted by atomic mass is 10.2. The van der Waals surface area contributed by atoms with Crippen LogP contribution in [0.2, 0.25) is 0 Å². The second-order valence-corrected chi connectivity index (χ2v) is 3.29. The number of hydrogen-bond acceptors (Lipinski definition) is 3. The van der Waals surface area contributed by atoms with Crippen LogP contribution < -0.4 is 5.32 Å². The Hall–Kier alpha value is -0.120. The summed E-state index contributed by atoms with van der Waals surface area (Å²) >= 11 is 0. The third-order valence-corrected chi connectivity index (χ3v) is 2.34. The van der Waals surface area contributed by atoms with E-state index in [0.717, 1.165) is 39.4 Å². The first-order valence-corrected chi connectivity index (χ1v) is 4.87. The van der Waals surface area contributed by atoms with E-state index in [0.29, 0.717) is 6.04 Å². The lowest BCUT2D eigenvalue weighted by Gasteiger charge is -2.32. The van der Waals surface area contributed by atoms with Crippen LogP contribution in [0.3, 0.4) is 0 Å². The molecule has 0 aromatic carbocycles. The van der Waals surface area contributed by atoms with Gasteiger partial charge in [-0.1, -0.05) is 0 Å². The molecule has 0 bridgehead atoms. The van der Waals surface area contributed by atoms with Crippen molar-refractivity contribution >= 4 is 0 Å². The lowest BCUT2D eigenvalue weighted by Crippen LogP contribution is -2.48. The highest BCUT2D eigenvalue weighted by Gasteiger charge is 2.15. The van der Waals surface area contributed by atoms with Crippen LogP contribution in [0.25, 0.3) is 0 Å². The Balaban J connectivity index is 2.15. The van der Waals surface area contributed by atoms with Gasteiger partial charge in [-0.05, 0) is 13.8 Å². The third-order valence-electron chi connectivity index (χ3n) is 2.34. The zero-order valence-corrected chi connectivity index (χ0v) is 8.18. The van der Waals surface area contributed by atoms with E-state index in [2.05, 4.69) is 17.1 Å². The number of nitrogens with zero attached hydrogens (tertiary/aromatic N) is 1. The normalized spacial score (nSPS) is 22.5. The van der Waals surface area contributed by atoms with Gasteiger partial charge in [-0.3, -0.25) is 4.90 Å². The van der Waals surface area contributed by atoms with E-state index in [-0.39, 0.29) is 0 Å². The minimum absolute atomic E-state index is 0.576. The Morgan fingerprint density at radius 1 is 1.42 bits per heavy atom. The molecule has 1 heterocycles. The number of nitrogens with one attached hydrogen (secondary N) is 1. The molecule has 0 aliphatic carbocycles. The summed E-state index contributed by atoms with van der Waals surface area (Å²) in [5, 5.41) is 3.34. The topological polar surface area (TPSA) is 24.5 Å². The monoisotopic (exact) mass is 172 g/mol. The first-order valence-electron chi connectivity index (χ1n) is 4.87. The highest BCUT2D eigenvalue weighted by molar-refractivity contribution is 4.72. The average molecular weight is 172 g/mol. The van der Waals surface area contributed by atoms with Crippen LogP contribution in [0, 0.1) is 0 Å². The van der Waals surface area contributed by atoms with Crippen LogP contribution in [-0.4, -0.2) is 50.3 Å². The molecule has 12 heavy (non-hydrogen) atoms. The molecule has 1 fully saturated rings. The van der Waals surface area contributed by atoms with Crippen LogP contribution in [0.4, 0.5) is 0 Å². The minimum Gasteiger partial charge on any atom is -0.380 e. The summed E-state index contributed by atoms with van der Waals surface area (Å²) in [5.41, 5.74) is 0. The van der Waals surface area contributed by atoms with Crippen molar-refractivity contribution in [1.29, 1.82) is 0 Å². The second-order valence-electron chi connectivity index (χ2n) is 3.29. The molecule has 0 saturated carbocycles. The molecule has 0 spiro atoms. The van der Waals surface area contributed by atoms with Crippen molar-refractivity contribution in [1.82, 2.24) is 10.2 Å². The Labute approximate surface area is 75.1 Å². The van der Waals surface area contributed by atoms with E-state index >= 15 is 0 Å². The fraction of sp³-hybridized carbons (Fsp3) is 1.00. The van der Waals surface area contributed by atoms with Crippen molar-refractivity contribution in [3.05, 3.63) is 0 Å². The van der Waals surface area contributed by atoms with Gasteiger partial charge in [0.15, 0.2) is 0 Å². The van der Waals surface area contributed by atoms with E-state index in [4.69, 9.17) is 4.74 Å². The fourth-order valence-corrected chi connectivity index (χ4v) is 1.52. The molecular formula is C9H20N2O. The van der Waals surface area contributed by atoms with Crippen LogP contribution in [0.1, 0.15) is 13.8 Å². The minimum atomic E-state index is 0.576. The van der Waals surface area contributed by atoms with Gasteiger partial charge < -0.3 is 10.1 Å². The summed E-state index contributed by atoms with van der Waals surface area (Å²) in [6.45, 7) is 10.5. The van der Waals surface area contributed by atoms with E-state index < -0.39 is 0 Å². The van der Waals surface area contributed by atoms with Crippen LogP contribution >= 0.6 is 0 Å². The molecule has 0 aromatic heterocycles. The molecule has 1 aliphatic rings. The molecule has 3 nitrogen and oxygen atoms in total. The van der Waals surface area contributed by atoms with Crippen molar-refractivity contribution in [3.8, 4) is 0 Å². The highest BCUT2D eigenvalue weighted by atomic mass is 16.5. The highest BCUT2D eigenvalue weighted by Crippen LogP contribution is 2.00. The van der Waals surface area contributed by atoms with Gasteiger partial charge in [-0.15, -0.1) is 0 Å². The molecule has 1 rings (SSSR count). The standard InChI is InChI=1S/C9H20N2O/c1-3-12-8-9(2)11-6-4-10-5-7-11/h9-10H,3-8H2,1-2H3. The maximum Gasteiger partial charge on any atom is 0.0619 e. The average Bonchev–Trinajstić information content (AvgIpc) is 2.15. The van der Waals surface area contributed by atoms with Crippen molar-refractivity contribution in [2.75, 3.05) is 39.4 Å². The van der Waals surface area contributed by atoms with Gasteiger partial charge in [0.25, 0.3) is 0 Å². The van der Waals surface area contributed by atoms with Gasteiger partial charge in [-0.25, -0.2) is 0 Å². The van der Waals surface area contributed by atoms with E-state index in [9.17, 15) is 0 Å². The second kappa shape index (κ2) is 5.51. The van der Waals surface area contributed by atoms with E-state index in [1.807, 2.05) is 6.92 Å². The maximum atomic E-state index is 5.39. The maximum absolute atomic E-state index is 5.39. The molecule has 1 saturated heterocycles. The molecule has 0 radical (unpaired) electrons. The summed E-state index contributed by atoms with van der Waals surface area (Å²) in [7, 11) is 0. The number of rotatable bonds is 4. The molecule has 0 amide bonds. The summed E-state index contributed by atoms with van der Waals surface area (Å²) in [6.07, 6.45) is 0.